The van der Waals surface area contributed by atoms with Crippen molar-refractivity contribution in [2.75, 3.05) is 11.9 Å². The Bertz CT molecular complexity index is 1800. The normalized spacial score (nSPS) is 14.1. The van der Waals surface area contributed by atoms with Gasteiger partial charge in [-0.25, -0.2) is 9.59 Å². The van der Waals surface area contributed by atoms with Crippen molar-refractivity contribution in [1.82, 2.24) is 0 Å². The van der Waals surface area contributed by atoms with E-state index in [1.807, 2.05) is 0 Å². The molecule has 14 nitrogen and oxygen atoms in total. The summed E-state index contributed by atoms with van der Waals surface area (Å²) in [6, 6.07) is 6.00. The fourth-order valence-electron chi connectivity index (χ4n) is 5.64. The Morgan fingerprint density at radius 1 is 0.782 bits per heavy atom. The maximum atomic E-state index is 14.1. The molecule has 1 heterocycles. The van der Waals surface area contributed by atoms with Crippen LogP contribution >= 0.6 is 0 Å². The van der Waals surface area contributed by atoms with Gasteiger partial charge in [0.1, 0.15) is 22.4 Å². The average molecular weight is 769 g/mol. The number of fused-ring (bicyclic) bond motifs is 2. The SMILES string of the molecule is CC(C)(C)OC(=O)CCc1cc([C@H](CC(=O)OC(C)(C)C)C(=O)OC(C)(C)C)c2c(c1C(N)=O)OCCCc1cc(NC(=O)OC(C)(C)C)ccc1C(=O)O2. The molecular formula is C41H56N2O12. The van der Waals surface area contributed by atoms with Gasteiger partial charge in [-0.15, -0.1) is 0 Å². The number of ether oxygens (including phenoxy) is 6. The molecule has 1 aliphatic heterocycles. The van der Waals surface area contributed by atoms with E-state index in [9.17, 15) is 28.8 Å². The second-order valence-corrected chi connectivity index (χ2v) is 17.3. The van der Waals surface area contributed by atoms with Crippen molar-refractivity contribution < 1.29 is 57.2 Å². The van der Waals surface area contributed by atoms with Gasteiger partial charge < -0.3 is 34.2 Å². The van der Waals surface area contributed by atoms with Gasteiger partial charge >= 0.3 is 30.0 Å². The van der Waals surface area contributed by atoms with Crippen LogP contribution in [-0.2, 0) is 46.2 Å². The molecule has 2 aromatic rings. The van der Waals surface area contributed by atoms with Gasteiger partial charge in [0.05, 0.1) is 30.1 Å². The number of nitrogens with one attached hydrogen (secondary N) is 1. The molecule has 1 aliphatic rings. The fourth-order valence-corrected chi connectivity index (χ4v) is 5.64. The highest BCUT2D eigenvalue weighted by Crippen LogP contribution is 2.44. The molecule has 1 atom stereocenters. The van der Waals surface area contributed by atoms with Crippen LogP contribution in [0.2, 0.25) is 0 Å². The first-order valence-corrected chi connectivity index (χ1v) is 18.3. The highest BCUT2D eigenvalue weighted by molar-refractivity contribution is 6.01. The van der Waals surface area contributed by atoms with Gasteiger partial charge in [-0.2, -0.15) is 0 Å². The Hall–Kier alpha value is -5.14. The number of nitrogens with two attached hydrogens (primary N) is 1. The molecular weight excluding hydrogens is 712 g/mol. The maximum absolute atomic E-state index is 14.1. The number of hydrogen-bond acceptors (Lipinski definition) is 12. The van der Waals surface area contributed by atoms with Crippen molar-refractivity contribution in [3.05, 3.63) is 52.1 Å². The second-order valence-electron chi connectivity index (χ2n) is 17.3. The molecule has 0 saturated carbocycles. The summed E-state index contributed by atoms with van der Waals surface area (Å²) in [5, 5.41) is 2.67. The van der Waals surface area contributed by atoms with Gasteiger partial charge in [0.15, 0.2) is 11.5 Å². The molecule has 3 rings (SSSR count). The monoisotopic (exact) mass is 768 g/mol. The van der Waals surface area contributed by atoms with E-state index in [-0.39, 0.29) is 53.2 Å². The number of carbonyl (C=O) groups excluding carboxylic acids is 6. The molecule has 0 radical (unpaired) electrons. The van der Waals surface area contributed by atoms with E-state index in [1.54, 1.807) is 89.2 Å². The molecule has 2 amide bonds. The molecule has 0 spiro atoms. The summed E-state index contributed by atoms with van der Waals surface area (Å²) in [7, 11) is 0. The Morgan fingerprint density at radius 2 is 1.36 bits per heavy atom. The van der Waals surface area contributed by atoms with Crippen LogP contribution in [-0.4, -0.2) is 64.9 Å². The molecule has 2 aromatic carbocycles. The number of carbonyl (C=O) groups is 6. The number of esters is 4. The zero-order valence-electron chi connectivity index (χ0n) is 34.1. The largest absolute Gasteiger partial charge is 0.489 e. The van der Waals surface area contributed by atoms with Gasteiger partial charge in [-0.05, 0) is 132 Å². The van der Waals surface area contributed by atoms with Crippen LogP contribution in [0.25, 0.3) is 0 Å². The molecule has 0 bridgehead atoms. The number of primary amides is 1. The van der Waals surface area contributed by atoms with Gasteiger partial charge in [-0.1, -0.05) is 6.07 Å². The van der Waals surface area contributed by atoms with E-state index in [0.717, 1.165) is 0 Å². The molecule has 0 aromatic heterocycles. The topological polar surface area (TPSA) is 196 Å². The summed E-state index contributed by atoms with van der Waals surface area (Å²) in [6.07, 6.45) is -0.899. The third-order valence-corrected chi connectivity index (χ3v) is 7.47. The van der Waals surface area contributed by atoms with Crippen molar-refractivity contribution >= 4 is 41.6 Å². The van der Waals surface area contributed by atoms with E-state index < -0.39 is 70.6 Å². The Kier molecular flexibility index (Phi) is 13.8. The number of benzene rings is 2. The highest BCUT2D eigenvalue weighted by Gasteiger charge is 2.38. The second kappa shape index (κ2) is 17.1. The van der Waals surface area contributed by atoms with Crippen LogP contribution in [0.3, 0.4) is 0 Å². The Labute approximate surface area is 323 Å². The minimum Gasteiger partial charge on any atom is -0.489 e. The zero-order chi connectivity index (χ0) is 41.7. The predicted molar refractivity (Wildman–Crippen MR) is 203 cm³/mol. The maximum Gasteiger partial charge on any atom is 0.412 e. The average Bonchev–Trinajstić information content (AvgIpc) is 2.97. The minimum atomic E-state index is -1.44. The first kappa shape index (κ1) is 44.3. The molecule has 0 fully saturated rings. The standard InChI is InChI=1S/C41H56N2O12/c1-38(2,3)52-29(44)18-15-24-21-27(28(36(48)54-40(7,8)9)22-30(45)53-39(4,5)6)32-33(31(24)34(42)46)50-19-13-14-23-20-25(16-17-26(23)35(47)51-32)43-37(49)55-41(10,11)12/h16-17,20-21,28H,13-15,18-19,22H2,1-12H3,(H2,42,46)(H,43,49)/t28-/m0/s1. The first-order valence-electron chi connectivity index (χ1n) is 18.3. The summed E-state index contributed by atoms with van der Waals surface area (Å²) >= 11 is 0. The summed E-state index contributed by atoms with van der Waals surface area (Å²) in [6.45, 7) is 20.3. The summed E-state index contributed by atoms with van der Waals surface area (Å²) in [5.41, 5.74) is 3.50. The first-order chi connectivity index (χ1) is 25.1. The van der Waals surface area contributed by atoms with Gasteiger partial charge in [0.25, 0.3) is 5.91 Å². The lowest BCUT2D eigenvalue weighted by atomic mass is 9.88. The molecule has 55 heavy (non-hydrogen) atoms. The van der Waals surface area contributed by atoms with Crippen LogP contribution in [0, 0.1) is 0 Å². The number of amides is 2. The Morgan fingerprint density at radius 3 is 1.93 bits per heavy atom. The van der Waals surface area contributed by atoms with Crippen molar-refractivity contribution in [2.24, 2.45) is 5.73 Å². The third-order valence-electron chi connectivity index (χ3n) is 7.47. The third kappa shape index (κ3) is 13.9. The summed E-state index contributed by atoms with van der Waals surface area (Å²) in [4.78, 5) is 80.1. The highest BCUT2D eigenvalue weighted by atomic mass is 16.6. The van der Waals surface area contributed by atoms with E-state index in [2.05, 4.69) is 5.32 Å². The van der Waals surface area contributed by atoms with E-state index in [0.29, 0.717) is 24.1 Å². The number of rotatable bonds is 9. The van der Waals surface area contributed by atoms with Crippen LogP contribution in [0.1, 0.15) is 146 Å². The van der Waals surface area contributed by atoms with Crippen molar-refractivity contribution in [2.45, 2.75) is 144 Å². The van der Waals surface area contributed by atoms with Gasteiger partial charge in [0, 0.05) is 17.7 Å². The molecule has 0 unspecified atom stereocenters. The van der Waals surface area contributed by atoms with Crippen LogP contribution in [0.15, 0.2) is 24.3 Å². The lowest BCUT2D eigenvalue weighted by Gasteiger charge is -2.28. The minimum absolute atomic E-state index is 0.0217. The summed E-state index contributed by atoms with van der Waals surface area (Å²) < 4.78 is 34.5. The summed E-state index contributed by atoms with van der Waals surface area (Å²) in [5.74, 6) is -6.01. The zero-order valence-corrected chi connectivity index (χ0v) is 34.1. The van der Waals surface area contributed by atoms with Crippen LogP contribution in [0.5, 0.6) is 11.5 Å². The quantitative estimate of drug-likeness (QED) is 0.149. The lowest BCUT2D eigenvalue weighted by molar-refractivity contribution is -0.164. The lowest BCUT2D eigenvalue weighted by Crippen LogP contribution is -2.32. The molecule has 0 saturated heterocycles. The predicted octanol–water partition coefficient (Wildman–Crippen LogP) is 7.11. The van der Waals surface area contributed by atoms with E-state index in [1.165, 1.54) is 18.2 Å². The van der Waals surface area contributed by atoms with Crippen LogP contribution in [0.4, 0.5) is 10.5 Å². The van der Waals surface area contributed by atoms with Gasteiger partial charge in [-0.3, -0.25) is 24.5 Å². The van der Waals surface area contributed by atoms with Gasteiger partial charge in [0.2, 0.25) is 0 Å². The van der Waals surface area contributed by atoms with Crippen molar-refractivity contribution in [1.29, 1.82) is 0 Å². The Balaban J connectivity index is 2.29. The van der Waals surface area contributed by atoms with E-state index in [4.69, 9.17) is 34.2 Å². The number of aryl methyl sites for hydroxylation is 2. The molecule has 3 N–H and O–H groups in total. The number of hydrogen-bond donors (Lipinski definition) is 2. The van der Waals surface area contributed by atoms with Crippen molar-refractivity contribution in [3.63, 3.8) is 0 Å². The molecule has 14 heteroatoms. The number of anilines is 1. The molecule has 0 aliphatic carbocycles. The smallest absolute Gasteiger partial charge is 0.412 e. The van der Waals surface area contributed by atoms with Crippen LogP contribution < -0.4 is 20.5 Å². The fraction of sp³-hybridized carbons (Fsp3) is 0.561. The van der Waals surface area contributed by atoms with Crippen molar-refractivity contribution in [3.8, 4) is 11.5 Å². The molecule has 302 valence electrons. The van der Waals surface area contributed by atoms with E-state index >= 15 is 0 Å².